The fraction of sp³-hybridized carbons (Fsp3) is 0.500. The van der Waals surface area contributed by atoms with Gasteiger partial charge in [0.05, 0.1) is 10.2 Å². The first-order valence-electron chi connectivity index (χ1n) is 6.73. The van der Waals surface area contributed by atoms with Gasteiger partial charge in [0.2, 0.25) is 0 Å². The average molecular weight is 276 g/mol. The van der Waals surface area contributed by atoms with Crippen LogP contribution in [0.25, 0.3) is 10.2 Å². The van der Waals surface area contributed by atoms with Crippen LogP contribution in [0.1, 0.15) is 13.3 Å². The number of piperidine rings is 1. The van der Waals surface area contributed by atoms with Crippen LogP contribution in [-0.4, -0.2) is 36.1 Å². The van der Waals surface area contributed by atoms with E-state index < -0.39 is 0 Å². The fourth-order valence-corrected chi connectivity index (χ4v) is 3.71. The average Bonchev–Trinajstić information content (AvgIpc) is 2.74. The highest BCUT2D eigenvalue weighted by atomic mass is 32.1. The summed E-state index contributed by atoms with van der Waals surface area (Å²) in [4.78, 5) is 7.03. The van der Waals surface area contributed by atoms with Crippen LogP contribution in [0.3, 0.4) is 0 Å². The van der Waals surface area contributed by atoms with Crippen molar-refractivity contribution in [2.75, 3.05) is 31.2 Å². The molecule has 3 N–H and O–H groups in total. The molecule has 2 heterocycles. The summed E-state index contributed by atoms with van der Waals surface area (Å²) in [6.45, 7) is 4.61. The molecule has 0 radical (unpaired) electrons. The Morgan fingerprint density at radius 3 is 3.11 bits per heavy atom. The largest absolute Gasteiger partial charge is 0.399 e. The number of likely N-dealkylation sites (tertiary alicyclic amines) is 1. The quantitative estimate of drug-likeness (QED) is 0.828. The van der Waals surface area contributed by atoms with Crippen LogP contribution in [0.5, 0.6) is 0 Å². The molecule has 1 fully saturated rings. The van der Waals surface area contributed by atoms with Gasteiger partial charge in [-0.2, -0.15) is 0 Å². The third kappa shape index (κ3) is 2.67. The first-order valence-corrected chi connectivity index (χ1v) is 7.54. The first-order chi connectivity index (χ1) is 9.11. The number of hydrogen-bond acceptors (Lipinski definition) is 5. The molecular formula is C14H20N4S. The van der Waals surface area contributed by atoms with E-state index in [4.69, 9.17) is 5.73 Å². The van der Waals surface area contributed by atoms with Crippen LogP contribution in [0.15, 0.2) is 18.2 Å². The zero-order valence-electron chi connectivity index (χ0n) is 11.4. The highest BCUT2D eigenvalue weighted by molar-refractivity contribution is 7.22. The summed E-state index contributed by atoms with van der Waals surface area (Å²) in [7, 11) is 2.19. The van der Waals surface area contributed by atoms with E-state index in [0.717, 1.165) is 34.1 Å². The molecule has 0 spiro atoms. The van der Waals surface area contributed by atoms with E-state index in [9.17, 15) is 0 Å². The van der Waals surface area contributed by atoms with E-state index in [1.165, 1.54) is 6.42 Å². The van der Waals surface area contributed by atoms with E-state index in [-0.39, 0.29) is 0 Å². The van der Waals surface area contributed by atoms with Gasteiger partial charge in [0, 0.05) is 18.3 Å². The second kappa shape index (κ2) is 4.98. The maximum atomic E-state index is 5.81. The highest BCUT2D eigenvalue weighted by Gasteiger charge is 2.24. The van der Waals surface area contributed by atoms with Gasteiger partial charge in [0.25, 0.3) is 0 Å². The van der Waals surface area contributed by atoms with Gasteiger partial charge >= 0.3 is 0 Å². The molecule has 0 saturated carbocycles. The summed E-state index contributed by atoms with van der Waals surface area (Å²) < 4.78 is 1.16. The normalized spacial score (nSPS) is 24.7. The Balaban J connectivity index is 1.77. The molecule has 1 aliphatic rings. The Bertz CT molecular complexity index is 580. The zero-order chi connectivity index (χ0) is 13.4. The van der Waals surface area contributed by atoms with Crippen LogP contribution in [0, 0.1) is 5.92 Å². The van der Waals surface area contributed by atoms with Crippen molar-refractivity contribution >= 4 is 32.4 Å². The number of nitrogens with two attached hydrogens (primary N) is 1. The van der Waals surface area contributed by atoms with Gasteiger partial charge in [0.15, 0.2) is 5.13 Å². The van der Waals surface area contributed by atoms with Gasteiger partial charge in [-0.1, -0.05) is 18.3 Å². The van der Waals surface area contributed by atoms with Gasteiger partial charge in [-0.25, -0.2) is 4.98 Å². The van der Waals surface area contributed by atoms with Crippen molar-refractivity contribution in [1.29, 1.82) is 0 Å². The van der Waals surface area contributed by atoms with Crippen LogP contribution < -0.4 is 11.1 Å². The number of nitrogens with zero attached hydrogens (tertiary/aromatic N) is 2. The summed E-state index contributed by atoms with van der Waals surface area (Å²) in [5.41, 5.74) is 7.64. The molecule has 2 aromatic rings. The number of anilines is 2. The van der Waals surface area contributed by atoms with Crippen molar-refractivity contribution in [2.45, 2.75) is 19.4 Å². The number of nitrogen functional groups attached to an aromatic ring is 1. The summed E-state index contributed by atoms with van der Waals surface area (Å²) in [5, 5.41) is 4.62. The molecule has 0 amide bonds. The van der Waals surface area contributed by atoms with Gasteiger partial charge in [-0.3, -0.25) is 0 Å². The van der Waals surface area contributed by atoms with Crippen molar-refractivity contribution in [3.05, 3.63) is 18.2 Å². The molecule has 102 valence electrons. The number of aromatic nitrogens is 1. The van der Waals surface area contributed by atoms with Gasteiger partial charge in [0.1, 0.15) is 0 Å². The van der Waals surface area contributed by atoms with Gasteiger partial charge < -0.3 is 16.0 Å². The van der Waals surface area contributed by atoms with Crippen molar-refractivity contribution in [1.82, 2.24) is 9.88 Å². The van der Waals surface area contributed by atoms with Crippen LogP contribution in [0.2, 0.25) is 0 Å². The lowest BCUT2D eigenvalue weighted by atomic mass is 9.94. The standard InChI is InChI=1S/C14H20N4S/c1-9-8-18(2)6-5-11(9)16-14-17-12-4-3-10(15)7-13(12)19-14/h3-4,7,9,11H,5-6,8,15H2,1-2H3,(H,16,17). The predicted molar refractivity (Wildman–Crippen MR) is 82.7 cm³/mol. The topological polar surface area (TPSA) is 54.2 Å². The van der Waals surface area contributed by atoms with Crippen molar-refractivity contribution in [3.8, 4) is 0 Å². The fourth-order valence-electron chi connectivity index (χ4n) is 2.73. The minimum absolute atomic E-state index is 0.522. The lowest BCUT2D eigenvalue weighted by Crippen LogP contribution is -2.43. The van der Waals surface area contributed by atoms with Gasteiger partial charge in [-0.05, 0) is 44.1 Å². The van der Waals surface area contributed by atoms with Crippen molar-refractivity contribution < 1.29 is 0 Å². The number of hydrogen-bond donors (Lipinski definition) is 2. The molecule has 19 heavy (non-hydrogen) atoms. The number of benzene rings is 1. The molecule has 1 aliphatic heterocycles. The SMILES string of the molecule is CC1CN(C)CCC1Nc1nc2ccc(N)cc2s1. The molecule has 3 rings (SSSR count). The smallest absolute Gasteiger partial charge is 0.184 e. The predicted octanol–water partition coefficient (Wildman–Crippen LogP) is 2.63. The zero-order valence-corrected chi connectivity index (χ0v) is 12.2. The molecule has 2 unspecified atom stereocenters. The van der Waals surface area contributed by atoms with Crippen LogP contribution >= 0.6 is 11.3 Å². The molecule has 1 saturated heterocycles. The molecule has 5 heteroatoms. The highest BCUT2D eigenvalue weighted by Crippen LogP contribution is 2.29. The monoisotopic (exact) mass is 276 g/mol. The Hall–Kier alpha value is -1.33. The molecule has 4 nitrogen and oxygen atoms in total. The minimum Gasteiger partial charge on any atom is -0.399 e. The minimum atomic E-state index is 0.522. The summed E-state index contributed by atoms with van der Waals surface area (Å²) in [5.74, 6) is 0.649. The Labute approximate surface area is 117 Å². The van der Waals surface area contributed by atoms with Crippen LogP contribution in [0.4, 0.5) is 10.8 Å². The van der Waals surface area contributed by atoms with E-state index in [0.29, 0.717) is 12.0 Å². The Morgan fingerprint density at radius 2 is 2.32 bits per heavy atom. The number of rotatable bonds is 2. The summed E-state index contributed by atoms with van der Waals surface area (Å²) in [6.07, 6.45) is 1.18. The number of thiazole rings is 1. The second-order valence-electron chi connectivity index (χ2n) is 5.53. The summed E-state index contributed by atoms with van der Waals surface area (Å²) in [6, 6.07) is 6.42. The van der Waals surface area contributed by atoms with Crippen LogP contribution in [-0.2, 0) is 0 Å². The molecule has 1 aromatic heterocycles. The molecule has 0 aliphatic carbocycles. The maximum Gasteiger partial charge on any atom is 0.184 e. The lowest BCUT2D eigenvalue weighted by Gasteiger charge is -2.35. The molecular weight excluding hydrogens is 256 g/mol. The van der Waals surface area contributed by atoms with Gasteiger partial charge in [-0.15, -0.1) is 0 Å². The Kier molecular flexibility index (Phi) is 3.33. The Morgan fingerprint density at radius 1 is 1.47 bits per heavy atom. The molecule has 0 bridgehead atoms. The lowest BCUT2D eigenvalue weighted by molar-refractivity contribution is 0.206. The van der Waals surface area contributed by atoms with E-state index >= 15 is 0 Å². The third-order valence-electron chi connectivity index (χ3n) is 3.83. The van der Waals surface area contributed by atoms with E-state index in [1.807, 2.05) is 18.2 Å². The molecule has 1 aromatic carbocycles. The summed E-state index contributed by atoms with van der Waals surface area (Å²) >= 11 is 1.69. The number of nitrogens with one attached hydrogen (secondary N) is 1. The van der Waals surface area contributed by atoms with Crippen molar-refractivity contribution in [3.63, 3.8) is 0 Å². The first kappa shape index (κ1) is 12.7. The number of fused-ring (bicyclic) bond motifs is 1. The molecule has 2 atom stereocenters. The third-order valence-corrected chi connectivity index (χ3v) is 4.78. The van der Waals surface area contributed by atoms with E-state index in [1.54, 1.807) is 11.3 Å². The maximum absolute atomic E-state index is 5.81. The second-order valence-corrected chi connectivity index (χ2v) is 6.56. The van der Waals surface area contributed by atoms with E-state index in [2.05, 4.69) is 29.2 Å². The van der Waals surface area contributed by atoms with Crippen molar-refractivity contribution in [2.24, 2.45) is 5.92 Å².